The highest BCUT2D eigenvalue weighted by molar-refractivity contribution is 7.98. The number of aryl methyl sites for hydroxylation is 1. The molecule has 7 nitrogen and oxygen atoms in total. The van der Waals surface area contributed by atoms with Gasteiger partial charge in [0.15, 0.2) is 11.4 Å². The van der Waals surface area contributed by atoms with Crippen molar-refractivity contribution in [2.24, 2.45) is 4.99 Å². The van der Waals surface area contributed by atoms with Gasteiger partial charge in [0.1, 0.15) is 5.75 Å². The van der Waals surface area contributed by atoms with E-state index >= 15 is 0 Å². The highest BCUT2D eigenvalue weighted by Gasteiger charge is 2.13. The fourth-order valence-corrected chi connectivity index (χ4v) is 4.46. The molecule has 3 aromatic rings. The second kappa shape index (κ2) is 9.62. The number of hydrogen-bond donors (Lipinski definition) is 0. The predicted octanol–water partition coefficient (Wildman–Crippen LogP) is 4.79. The molecule has 0 aliphatic carbocycles. The van der Waals surface area contributed by atoms with Gasteiger partial charge in [-0.3, -0.25) is 14.9 Å². The van der Waals surface area contributed by atoms with Crippen LogP contribution in [0.3, 0.4) is 0 Å². The van der Waals surface area contributed by atoms with Crippen LogP contribution < -0.4 is 9.54 Å². The van der Waals surface area contributed by atoms with Crippen LogP contribution >= 0.6 is 46.3 Å². The van der Waals surface area contributed by atoms with E-state index in [0.29, 0.717) is 31.8 Å². The Balaban J connectivity index is 1.90. The lowest BCUT2D eigenvalue weighted by molar-refractivity contribution is -0.384. The molecule has 0 N–H and O–H groups in total. The third-order valence-corrected chi connectivity index (χ3v) is 6.02. The molecule has 152 valence electrons. The number of thioether (sulfide) groups is 1. The monoisotopic (exact) mass is 471 g/mol. The Kier molecular flexibility index (Phi) is 7.18. The fraction of sp³-hybridized carbons (Fsp3) is 0.222. The van der Waals surface area contributed by atoms with E-state index in [1.807, 2.05) is 10.8 Å². The summed E-state index contributed by atoms with van der Waals surface area (Å²) < 4.78 is 8.01. The number of thiazole rings is 1. The van der Waals surface area contributed by atoms with E-state index in [1.165, 1.54) is 29.5 Å². The number of rotatable bonds is 7. The van der Waals surface area contributed by atoms with Gasteiger partial charge in [-0.2, -0.15) is 16.8 Å². The Morgan fingerprint density at radius 2 is 2.10 bits per heavy atom. The van der Waals surface area contributed by atoms with E-state index < -0.39 is 10.8 Å². The zero-order valence-electron chi connectivity index (χ0n) is 15.1. The second-order valence-electron chi connectivity index (χ2n) is 5.81. The van der Waals surface area contributed by atoms with Crippen LogP contribution in [0.15, 0.2) is 41.4 Å². The summed E-state index contributed by atoms with van der Waals surface area (Å²) in [6.45, 7) is 0.327. The van der Waals surface area contributed by atoms with Gasteiger partial charge in [-0.15, -0.1) is 0 Å². The van der Waals surface area contributed by atoms with Crippen LogP contribution in [-0.2, 0) is 11.3 Å². The van der Waals surface area contributed by atoms with Gasteiger partial charge in [-0.1, -0.05) is 34.5 Å². The number of nitrogens with zero attached hydrogens (tertiary/aromatic N) is 3. The number of amides is 1. The van der Waals surface area contributed by atoms with Crippen molar-refractivity contribution in [1.82, 2.24) is 4.57 Å². The lowest BCUT2D eigenvalue weighted by Gasteiger charge is -2.06. The minimum Gasteiger partial charge on any atom is -0.482 e. The van der Waals surface area contributed by atoms with Crippen LogP contribution in [0.1, 0.15) is 0 Å². The lowest BCUT2D eigenvalue weighted by atomic mass is 10.3. The van der Waals surface area contributed by atoms with Crippen LogP contribution in [0.25, 0.3) is 10.2 Å². The number of ether oxygens (including phenoxy) is 1. The van der Waals surface area contributed by atoms with Gasteiger partial charge in [-0.05, 0) is 30.5 Å². The number of nitro groups is 1. The molecule has 3 rings (SSSR count). The van der Waals surface area contributed by atoms with E-state index in [2.05, 4.69) is 4.99 Å². The maximum absolute atomic E-state index is 12.4. The SMILES string of the molecule is CSCCn1c(=NC(=O)COc2ccc(Cl)cc2Cl)sc2cc([N+](=O)[O-])ccc21. The van der Waals surface area contributed by atoms with E-state index in [1.54, 1.807) is 30.0 Å². The minimum absolute atomic E-state index is 0.00523. The van der Waals surface area contributed by atoms with Gasteiger partial charge in [0.2, 0.25) is 0 Å². The van der Waals surface area contributed by atoms with Crippen molar-refractivity contribution in [3.05, 3.63) is 61.4 Å². The Labute approximate surface area is 184 Å². The average molecular weight is 472 g/mol. The van der Waals surface area contributed by atoms with Crippen LogP contribution in [0.4, 0.5) is 5.69 Å². The predicted molar refractivity (Wildman–Crippen MR) is 117 cm³/mol. The number of hydrogen-bond acceptors (Lipinski definition) is 6. The first kappa shape index (κ1) is 21.6. The molecule has 0 spiro atoms. The third-order valence-electron chi connectivity index (χ3n) is 3.86. The molecule has 29 heavy (non-hydrogen) atoms. The number of aromatic nitrogens is 1. The van der Waals surface area contributed by atoms with E-state index in [0.717, 1.165) is 11.3 Å². The molecule has 1 heterocycles. The summed E-state index contributed by atoms with van der Waals surface area (Å²) in [4.78, 5) is 27.6. The van der Waals surface area contributed by atoms with Crippen molar-refractivity contribution in [3.63, 3.8) is 0 Å². The number of fused-ring (bicyclic) bond motifs is 1. The molecule has 0 aliphatic heterocycles. The molecule has 11 heteroatoms. The Hall–Kier alpha value is -2.07. The van der Waals surface area contributed by atoms with Crippen LogP contribution in [-0.4, -0.2) is 34.0 Å². The molecule has 0 saturated heterocycles. The maximum Gasteiger partial charge on any atom is 0.286 e. The van der Waals surface area contributed by atoms with Crippen LogP contribution in [0, 0.1) is 10.1 Å². The van der Waals surface area contributed by atoms with Crippen molar-refractivity contribution in [2.45, 2.75) is 6.54 Å². The Morgan fingerprint density at radius 1 is 1.31 bits per heavy atom. The van der Waals surface area contributed by atoms with E-state index in [9.17, 15) is 14.9 Å². The van der Waals surface area contributed by atoms with Crippen molar-refractivity contribution >= 4 is 68.1 Å². The first-order chi connectivity index (χ1) is 13.9. The first-order valence-electron chi connectivity index (χ1n) is 8.31. The summed E-state index contributed by atoms with van der Waals surface area (Å²) in [5.41, 5.74) is 0.789. The van der Waals surface area contributed by atoms with Crippen molar-refractivity contribution in [2.75, 3.05) is 18.6 Å². The Morgan fingerprint density at radius 3 is 2.79 bits per heavy atom. The number of non-ortho nitro benzene ring substituents is 1. The topological polar surface area (TPSA) is 86.7 Å². The number of halogens is 2. The minimum atomic E-state index is -0.491. The molecule has 0 saturated carbocycles. The molecule has 0 unspecified atom stereocenters. The zero-order chi connectivity index (χ0) is 21.0. The van der Waals surface area contributed by atoms with Gasteiger partial charge < -0.3 is 9.30 Å². The molecule has 0 aliphatic rings. The summed E-state index contributed by atoms with van der Waals surface area (Å²) in [6, 6.07) is 9.33. The molecular formula is C18H15Cl2N3O4S2. The number of carbonyl (C=O) groups is 1. The summed E-state index contributed by atoms with van der Waals surface area (Å²) >= 11 is 14.8. The number of nitro benzene ring substituents is 1. The van der Waals surface area contributed by atoms with Crippen molar-refractivity contribution < 1.29 is 14.5 Å². The maximum atomic E-state index is 12.4. The summed E-state index contributed by atoms with van der Waals surface area (Å²) in [6.07, 6.45) is 1.98. The lowest BCUT2D eigenvalue weighted by Crippen LogP contribution is -2.20. The van der Waals surface area contributed by atoms with Crippen LogP contribution in [0.5, 0.6) is 5.75 Å². The van der Waals surface area contributed by atoms with Gasteiger partial charge >= 0.3 is 0 Å². The molecule has 0 radical (unpaired) electrons. The molecule has 1 aromatic heterocycles. The summed E-state index contributed by atoms with van der Waals surface area (Å²) in [5, 5.41) is 11.8. The molecule has 0 atom stereocenters. The Bertz CT molecular complexity index is 1140. The molecular weight excluding hydrogens is 457 g/mol. The molecule has 0 bridgehead atoms. The number of carbonyl (C=O) groups excluding carboxylic acids is 1. The fourth-order valence-electron chi connectivity index (χ4n) is 2.53. The molecule has 2 aromatic carbocycles. The van der Waals surface area contributed by atoms with Gasteiger partial charge in [-0.25, -0.2) is 0 Å². The quantitative estimate of drug-likeness (QED) is 0.365. The second-order valence-corrected chi connectivity index (χ2v) is 8.65. The van der Waals surface area contributed by atoms with Gasteiger partial charge in [0.05, 0.1) is 20.2 Å². The summed E-state index contributed by atoms with van der Waals surface area (Å²) in [7, 11) is 0. The first-order valence-corrected chi connectivity index (χ1v) is 11.3. The average Bonchev–Trinajstić information content (AvgIpc) is 3.01. The molecule has 0 fully saturated rings. The largest absolute Gasteiger partial charge is 0.482 e. The van der Waals surface area contributed by atoms with Crippen molar-refractivity contribution in [3.8, 4) is 5.75 Å². The van der Waals surface area contributed by atoms with Crippen molar-refractivity contribution in [1.29, 1.82) is 0 Å². The van der Waals surface area contributed by atoms with E-state index in [4.69, 9.17) is 27.9 Å². The normalized spacial score (nSPS) is 11.8. The summed E-state index contributed by atoms with van der Waals surface area (Å²) in [5.74, 6) is 0.651. The standard InChI is InChI=1S/C18H15Cl2N3O4S2/c1-28-7-6-22-14-4-3-12(23(25)26)9-16(14)29-18(22)21-17(24)10-27-15-5-2-11(19)8-13(15)20/h2-5,8-9H,6-7,10H2,1H3. The highest BCUT2D eigenvalue weighted by Crippen LogP contribution is 2.27. The number of benzene rings is 2. The molecule has 1 amide bonds. The highest BCUT2D eigenvalue weighted by atomic mass is 35.5. The van der Waals surface area contributed by atoms with E-state index in [-0.39, 0.29) is 12.3 Å². The van der Waals surface area contributed by atoms with Gasteiger partial charge in [0, 0.05) is 29.5 Å². The zero-order valence-corrected chi connectivity index (χ0v) is 18.3. The van der Waals surface area contributed by atoms with Crippen LogP contribution in [0.2, 0.25) is 10.0 Å². The van der Waals surface area contributed by atoms with Gasteiger partial charge in [0.25, 0.3) is 11.6 Å². The smallest absolute Gasteiger partial charge is 0.286 e. The third kappa shape index (κ3) is 5.30.